The van der Waals surface area contributed by atoms with E-state index in [1.165, 1.54) is 6.92 Å². The van der Waals surface area contributed by atoms with Crippen LogP contribution >= 0.6 is 0 Å². The minimum atomic E-state index is -1.70. The number of carbonyl (C=O) groups is 6. The maximum atomic E-state index is 11.9. The van der Waals surface area contributed by atoms with Crippen LogP contribution in [0.1, 0.15) is 19.8 Å². The highest BCUT2D eigenvalue weighted by atomic mass is 16.4. The molecule has 0 rings (SSSR count). The molecule has 13 heteroatoms. The van der Waals surface area contributed by atoms with E-state index in [2.05, 4.69) is 5.32 Å². The van der Waals surface area contributed by atoms with Gasteiger partial charge in [-0.15, -0.1) is 0 Å². The molecule has 0 fully saturated rings. The number of hydrogen-bond acceptors (Lipinski definition) is 7. The van der Waals surface area contributed by atoms with Gasteiger partial charge in [0.25, 0.3) is 0 Å². The van der Waals surface area contributed by atoms with Gasteiger partial charge in [0.05, 0.1) is 25.4 Å². The van der Waals surface area contributed by atoms with Crippen molar-refractivity contribution in [2.45, 2.75) is 37.9 Å². The normalized spacial score (nSPS) is 13.6. The van der Waals surface area contributed by atoms with Crippen molar-refractivity contribution >= 4 is 35.6 Å². The van der Waals surface area contributed by atoms with Crippen LogP contribution in [-0.2, 0) is 28.8 Å². The molecule has 0 aromatic heterocycles. The molecule has 3 unspecified atom stereocenters. The van der Waals surface area contributed by atoms with Crippen LogP contribution in [0.4, 0.5) is 0 Å². The number of hydrogen-bond donors (Lipinski definition) is 7. The number of nitrogens with one attached hydrogen (secondary N) is 3. The average molecular weight is 376 g/mol. The number of carboxylic acid groups (broad SMARTS) is 3. The summed E-state index contributed by atoms with van der Waals surface area (Å²) < 4.78 is 0. The Hall–Kier alpha value is -3.22. The topological polar surface area (TPSA) is 225 Å². The fourth-order valence-electron chi connectivity index (χ4n) is 1.60. The summed E-state index contributed by atoms with van der Waals surface area (Å²) in [5, 5.41) is 32.1. The first-order valence-electron chi connectivity index (χ1n) is 7.23. The minimum absolute atomic E-state index is 0.758. The van der Waals surface area contributed by atoms with E-state index in [4.69, 9.17) is 21.1 Å². The van der Waals surface area contributed by atoms with Gasteiger partial charge in [-0.1, -0.05) is 0 Å². The van der Waals surface area contributed by atoms with Crippen molar-refractivity contribution in [3.8, 4) is 0 Å². The minimum Gasteiger partial charge on any atom is -0.481 e. The molecule has 0 aromatic rings. The molecule has 0 aliphatic rings. The standard InChI is InChI=1S/C13H20N4O9/c1-5(14)11(23)17-6(2-9(19)20)12(24)15-4-8(18)16-7(13(25)26)3-10(21)22/h5-7H,2-4,14H2,1H3,(H,15,24)(H,16,18)(H,17,23)(H,19,20)(H,21,22)(H,25,26). The first kappa shape index (κ1) is 22.8. The fourth-order valence-corrected chi connectivity index (χ4v) is 1.60. The quantitative estimate of drug-likeness (QED) is 0.188. The van der Waals surface area contributed by atoms with E-state index in [0.29, 0.717) is 0 Å². The molecule has 8 N–H and O–H groups in total. The SMILES string of the molecule is CC(N)C(=O)NC(CC(=O)O)C(=O)NCC(=O)NC(CC(=O)O)C(=O)O. The monoisotopic (exact) mass is 376 g/mol. The van der Waals surface area contributed by atoms with Crippen LogP contribution < -0.4 is 21.7 Å². The Morgan fingerprint density at radius 1 is 0.846 bits per heavy atom. The Labute approximate surface area is 146 Å². The Kier molecular flexibility index (Phi) is 9.29. The predicted molar refractivity (Wildman–Crippen MR) is 82.7 cm³/mol. The Bertz CT molecular complexity index is 590. The highest BCUT2D eigenvalue weighted by molar-refractivity contribution is 5.94. The van der Waals surface area contributed by atoms with E-state index in [1.54, 1.807) is 0 Å². The zero-order chi connectivity index (χ0) is 20.4. The lowest BCUT2D eigenvalue weighted by atomic mass is 10.1. The summed E-state index contributed by atoms with van der Waals surface area (Å²) in [6.07, 6.45) is -1.65. The molecule has 0 aliphatic carbocycles. The highest BCUT2D eigenvalue weighted by Gasteiger charge is 2.26. The van der Waals surface area contributed by atoms with Gasteiger partial charge >= 0.3 is 17.9 Å². The van der Waals surface area contributed by atoms with E-state index in [0.717, 1.165) is 0 Å². The van der Waals surface area contributed by atoms with Gasteiger partial charge in [0.1, 0.15) is 12.1 Å². The third-order valence-electron chi connectivity index (χ3n) is 2.86. The first-order chi connectivity index (χ1) is 11.9. The molecule has 3 amide bonds. The van der Waals surface area contributed by atoms with E-state index in [-0.39, 0.29) is 0 Å². The summed E-state index contributed by atoms with van der Waals surface area (Å²) in [5.41, 5.74) is 5.30. The second kappa shape index (κ2) is 10.6. The van der Waals surface area contributed by atoms with Gasteiger partial charge in [-0.3, -0.25) is 24.0 Å². The third kappa shape index (κ3) is 9.17. The van der Waals surface area contributed by atoms with Gasteiger partial charge in [-0.2, -0.15) is 0 Å². The second-order valence-corrected chi connectivity index (χ2v) is 5.22. The van der Waals surface area contributed by atoms with E-state index < -0.39 is 73.1 Å². The van der Waals surface area contributed by atoms with Crippen molar-refractivity contribution in [1.29, 1.82) is 0 Å². The summed E-state index contributed by atoms with van der Waals surface area (Å²) >= 11 is 0. The lowest BCUT2D eigenvalue weighted by molar-refractivity contribution is -0.147. The number of carboxylic acids is 3. The molecule has 13 nitrogen and oxygen atoms in total. The van der Waals surface area contributed by atoms with Crippen LogP contribution in [0, 0.1) is 0 Å². The summed E-state index contributed by atoms with van der Waals surface area (Å²) in [6, 6.07) is -4.22. The molecule has 3 atom stereocenters. The largest absolute Gasteiger partial charge is 0.481 e. The predicted octanol–water partition coefficient (Wildman–Crippen LogP) is -3.55. The van der Waals surface area contributed by atoms with Crippen LogP contribution in [0.5, 0.6) is 0 Å². The summed E-state index contributed by atoms with van der Waals surface area (Å²) in [7, 11) is 0. The Morgan fingerprint density at radius 2 is 1.35 bits per heavy atom. The molecule has 0 heterocycles. The van der Waals surface area contributed by atoms with Crippen molar-refractivity contribution in [3.63, 3.8) is 0 Å². The second-order valence-electron chi connectivity index (χ2n) is 5.22. The van der Waals surface area contributed by atoms with Crippen LogP contribution in [-0.4, -0.2) is 75.6 Å². The van der Waals surface area contributed by atoms with Crippen molar-refractivity contribution in [1.82, 2.24) is 16.0 Å². The first-order valence-corrected chi connectivity index (χ1v) is 7.23. The Morgan fingerprint density at radius 3 is 1.77 bits per heavy atom. The maximum Gasteiger partial charge on any atom is 0.326 e. The van der Waals surface area contributed by atoms with Crippen molar-refractivity contribution in [2.24, 2.45) is 5.73 Å². The number of amides is 3. The van der Waals surface area contributed by atoms with Crippen LogP contribution in [0.25, 0.3) is 0 Å². The summed E-state index contributed by atoms with van der Waals surface area (Å²) in [6.45, 7) is 0.555. The lowest BCUT2D eigenvalue weighted by Gasteiger charge is -2.18. The zero-order valence-corrected chi connectivity index (χ0v) is 13.7. The fraction of sp³-hybridized carbons (Fsp3) is 0.538. The van der Waals surface area contributed by atoms with Crippen LogP contribution in [0.15, 0.2) is 0 Å². The van der Waals surface area contributed by atoms with Crippen molar-refractivity contribution in [2.75, 3.05) is 6.54 Å². The molecule has 0 bridgehead atoms. The van der Waals surface area contributed by atoms with Gasteiger partial charge in [-0.05, 0) is 6.92 Å². The Balaban J connectivity index is 4.75. The van der Waals surface area contributed by atoms with Gasteiger partial charge in [0, 0.05) is 0 Å². The number of nitrogens with two attached hydrogens (primary N) is 1. The lowest BCUT2D eigenvalue weighted by Crippen LogP contribution is -2.53. The molecule has 0 radical (unpaired) electrons. The molecule has 0 saturated heterocycles. The summed E-state index contributed by atoms with van der Waals surface area (Å²) in [4.78, 5) is 67.1. The van der Waals surface area contributed by atoms with Gasteiger partial charge in [0.2, 0.25) is 17.7 Å². The highest BCUT2D eigenvalue weighted by Crippen LogP contribution is 1.95. The molecule has 26 heavy (non-hydrogen) atoms. The number of rotatable bonds is 11. The van der Waals surface area contributed by atoms with Crippen LogP contribution in [0.3, 0.4) is 0 Å². The molecule has 0 aromatic carbocycles. The van der Waals surface area contributed by atoms with E-state index in [1.807, 2.05) is 10.6 Å². The van der Waals surface area contributed by atoms with Crippen molar-refractivity contribution < 1.29 is 44.1 Å². The molecule has 0 saturated carbocycles. The van der Waals surface area contributed by atoms with Gasteiger partial charge < -0.3 is 37.0 Å². The molecular formula is C13H20N4O9. The van der Waals surface area contributed by atoms with Crippen LogP contribution in [0.2, 0.25) is 0 Å². The molecule has 146 valence electrons. The average Bonchev–Trinajstić information content (AvgIpc) is 2.50. The third-order valence-corrected chi connectivity index (χ3v) is 2.86. The van der Waals surface area contributed by atoms with E-state index in [9.17, 15) is 28.8 Å². The van der Waals surface area contributed by atoms with Gasteiger partial charge in [0.15, 0.2) is 0 Å². The summed E-state index contributed by atoms with van der Waals surface area (Å²) in [5.74, 6) is -7.25. The van der Waals surface area contributed by atoms with Crippen molar-refractivity contribution in [3.05, 3.63) is 0 Å². The van der Waals surface area contributed by atoms with E-state index >= 15 is 0 Å². The number of carbonyl (C=O) groups excluding carboxylic acids is 3. The smallest absolute Gasteiger partial charge is 0.326 e. The molecule has 0 spiro atoms. The number of aliphatic carboxylic acids is 3. The maximum absolute atomic E-state index is 11.9. The molecular weight excluding hydrogens is 356 g/mol. The van der Waals surface area contributed by atoms with Gasteiger partial charge in [-0.25, -0.2) is 4.79 Å². The zero-order valence-electron chi connectivity index (χ0n) is 13.7. The molecule has 0 aliphatic heterocycles.